The molecule has 0 amide bonds. The SMILES string of the molecule is CC(C)(C)c1cc(-c2ccc(-c3ccccc3)cc2)cc(N(c2c(-c3ccccc3)cccc2-c2ccccc2)c2ccc3ccc4c(-n5c6ccc(C(C)(C)C)cc6c6cc(C(C)(C)C)ccc65)ccc5ccc2c3c54)c1. The number of fused-ring (bicyclic) bond motifs is 3. The van der Waals surface area contributed by atoms with Gasteiger partial charge in [-0.1, -0.05) is 250 Å². The third kappa shape index (κ3) is 8.43. The molecule has 0 unspecified atom stereocenters. The Kier molecular flexibility index (Phi) is 11.6. The van der Waals surface area contributed by atoms with Gasteiger partial charge in [0.2, 0.25) is 0 Å². The van der Waals surface area contributed by atoms with Gasteiger partial charge in [0.25, 0.3) is 0 Å². The van der Waals surface area contributed by atoms with Crippen LogP contribution in [-0.4, -0.2) is 4.57 Å². The van der Waals surface area contributed by atoms with E-state index in [2.05, 4.69) is 308 Å². The Balaban J connectivity index is 1.11. The molecule has 0 N–H and O–H groups in total. The Morgan fingerprint density at radius 3 is 1.28 bits per heavy atom. The zero-order chi connectivity index (χ0) is 53.7. The molecule has 12 aromatic carbocycles. The normalized spacial score (nSPS) is 12.4. The van der Waals surface area contributed by atoms with E-state index in [1.807, 2.05) is 0 Å². The van der Waals surface area contributed by atoms with Crippen molar-refractivity contribution in [2.24, 2.45) is 0 Å². The van der Waals surface area contributed by atoms with E-state index in [9.17, 15) is 0 Å². The van der Waals surface area contributed by atoms with Crippen LogP contribution in [0.25, 0.3) is 104 Å². The highest BCUT2D eigenvalue weighted by Gasteiger charge is 2.28. The molecule has 0 saturated carbocycles. The molecule has 2 nitrogen and oxygen atoms in total. The van der Waals surface area contributed by atoms with E-state index >= 15 is 0 Å². The third-order valence-corrected chi connectivity index (χ3v) is 16.4. The van der Waals surface area contributed by atoms with E-state index < -0.39 is 0 Å². The molecule has 78 heavy (non-hydrogen) atoms. The van der Waals surface area contributed by atoms with Crippen molar-refractivity contribution in [1.29, 1.82) is 0 Å². The van der Waals surface area contributed by atoms with Gasteiger partial charge >= 0.3 is 0 Å². The highest BCUT2D eigenvalue weighted by atomic mass is 15.1. The summed E-state index contributed by atoms with van der Waals surface area (Å²) < 4.78 is 2.54. The number of hydrogen-bond acceptors (Lipinski definition) is 1. The van der Waals surface area contributed by atoms with Crippen molar-refractivity contribution in [3.8, 4) is 50.2 Å². The van der Waals surface area contributed by atoms with Crippen LogP contribution in [0.4, 0.5) is 17.1 Å². The van der Waals surface area contributed by atoms with Gasteiger partial charge in [-0.3, -0.25) is 0 Å². The fourth-order valence-corrected chi connectivity index (χ4v) is 12.1. The molecule has 1 heterocycles. The number of hydrogen-bond donors (Lipinski definition) is 0. The van der Waals surface area contributed by atoms with E-state index in [1.54, 1.807) is 0 Å². The molecule has 0 aliphatic carbocycles. The summed E-state index contributed by atoms with van der Waals surface area (Å²) in [6.07, 6.45) is 0. The van der Waals surface area contributed by atoms with Crippen LogP contribution in [0.3, 0.4) is 0 Å². The molecule has 2 heteroatoms. The summed E-state index contributed by atoms with van der Waals surface area (Å²) in [6.45, 7) is 20.9. The molecule has 13 rings (SSSR count). The first-order valence-corrected chi connectivity index (χ1v) is 27.7. The quantitative estimate of drug-likeness (QED) is 0.138. The summed E-state index contributed by atoms with van der Waals surface area (Å²) in [5.74, 6) is 0. The lowest BCUT2D eigenvalue weighted by molar-refractivity contribution is 0.590. The van der Waals surface area contributed by atoms with Gasteiger partial charge in [-0.2, -0.15) is 0 Å². The maximum atomic E-state index is 2.60. The number of para-hydroxylation sites is 1. The Hall–Kier alpha value is -8.72. The molecule has 0 aliphatic heterocycles. The summed E-state index contributed by atoms with van der Waals surface area (Å²) in [5.41, 5.74) is 20.2. The fourth-order valence-electron chi connectivity index (χ4n) is 12.1. The number of anilines is 3. The predicted molar refractivity (Wildman–Crippen MR) is 337 cm³/mol. The number of benzene rings is 12. The third-order valence-electron chi connectivity index (χ3n) is 16.4. The lowest BCUT2D eigenvalue weighted by Crippen LogP contribution is -2.16. The molecule has 0 bridgehead atoms. The van der Waals surface area contributed by atoms with Crippen LogP contribution in [0.2, 0.25) is 0 Å². The molecule has 1 aromatic heterocycles. The van der Waals surface area contributed by atoms with Crippen LogP contribution in [-0.2, 0) is 16.2 Å². The molecular formula is C76H66N2. The number of nitrogens with zero attached hydrogens (tertiary/aromatic N) is 2. The van der Waals surface area contributed by atoms with E-state index in [4.69, 9.17) is 0 Å². The van der Waals surface area contributed by atoms with Crippen molar-refractivity contribution in [3.63, 3.8) is 0 Å². The summed E-state index contributed by atoms with van der Waals surface area (Å²) >= 11 is 0. The first kappa shape index (κ1) is 48.9. The molecule has 0 fully saturated rings. The smallest absolute Gasteiger partial charge is 0.0618 e. The second-order valence-electron chi connectivity index (χ2n) is 24.6. The second-order valence-corrected chi connectivity index (χ2v) is 24.6. The fraction of sp³-hybridized carbons (Fsp3) is 0.158. The highest BCUT2D eigenvalue weighted by Crippen LogP contribution is 2.52. The van der Waals surface area contributed by atoms with Crippen molar-refractivity contribution in [1.82, 2.24) is 4.57 Å². The van der Waals surface area contributed by atoms with Crippen LogP contribution < -0.4 is 4.90 Å². The molecule has 0 radical (unpaired) electrons. The molecule has 13 aromatic rings. The summed E-state index contributed by atoms with van der Waals surface area (Å²) in [7, 11) is 0. The summed E-state index contributed by atoms with van der Waals surface area (Å²) in [5, 5.41) is 10.0. The molecule has 380 valence electrons. The first-order valence-electron chi connectivity index (χ1n) is 27.7. The lowest BCUT2D eigenvalue weighted by atomic mass is 9.84. The zero-order valence-electron chi connectivity index (χ0n) is 46.4. The predicted octanol–water partition coefficient (Wildman–Crippen LogP) is 21.7. The minimum Gasteiger partial charge on any atom is -0.309 e. The van der Waals surface area contributed by atoms with Gasteiger partial charge in [-0.15, -0.1) is 0 Å². The average Bonchev–Trinajstić information content (AvgIpc) is 3.80. The van der Waals surface area contributed by atoms with Gasteiger partial charge < -0.3 is 9.47 Å². The van der Waals surface area contributed by atoms with Gasteiger partial charge in [0.1, 0.15) is 0 Å². The van der Waals surface area contributed by atoms with Crippen molar-refractivity contribution in [3.05, 3.63) is 253 Å². The zero-order valence-corrected chi connectivity index (χ0v) is 46.4. The van der Waals surface area contributed by atoms with Crippen molar-refractivity contribution < 1.29 is 0 Å². The molecular weight excluding hydrogens is 941 g/mol. The first-order chi connectivity index (χ1) is 37.6. The minimum absolute atomic E-state index is 0.01000. The maximum Gasteiger partial charge on any atom is 0.0618 e. The Morgan fingerprint density at radius 2 is 0.756 bits per heavy atom. The largest absolute Gasteiger partial charge is 0.309 e. The Morgan fingerprint density at radius 1 is 0.308 bits per heavy atom. The lowest BCUT2D eigenvalue weighted by Gasteiger charge is -2.33. The number of rotatable bonds is 8. The Bertz CT molecular complexity index is 4260. The van der Waals surface area contributed by atoms with Crippen molar-refractivity contribution >= 4 is 71.2 Å². The van der Waals surface area contributed by atoms with Gasteiger partial charge in [-0.05, 0) is 136 Å². The van der Waals surface area contributed by atoms with Crippen LogP contribution in [0.1, 0.15) is 79.0 Å². The standard InChI is InChI=1S/C76H66N2/c1-74(2,3)57-36-42-69-65(47-57)66-48-58(75(4,5)6)37-43-70(66)78(69)68-41-35-55-32-38-63-67(40-34-54-33-39-64(68)72(55)71(54)63)77(73-61(52-22-15-11-16-23-52)26-19-27-62(73)53-24-17-12-18-25-53)60-45-56(44-59(46-60)76(7,8)9)51-30-28-50(29-31-51)49-20-13-10-14-21-49/h10-48H,1-9H3. The van der Waals surface area contributed by atoms with Crippen LogP contribution in [0.15, 0.2) is 237 Å². The van der Waals surface area contributed by atoms with E-state index in [-0.39, 0.29) is 16.2 Å². The topological polar surface area (TPSA) is 8.17 Å². The van der Waals surface area contributed by atoms with E-state index in [0.717, 1.165) is 39.3 Å². The van der Waals surface area contributed by atoms with Gasteiger partial charge in [0.15, 0.2) is 0 Å². The monoisotopic (exact) mass is 1010 g/mol. The second kappa shape index (κ2) is 18.5. The van der Waals surface area contributed by atoms with Crippen molar-refractivity contribution in [2.45, 2.75) is 78.6 Å². The number of aromatic nitrogens is 1. The van der Waals surface area contributed by atoms with Crippen LogP contribution >= 0.6 is 0 Å². The van der Waals surface area contributed by atoms with Crippen LogP contribution in [0.5, 0.6) is 0 Å². The molecule has 0 atom stereocenters. The average molecular weight is 1010 g/mol. The minimum atomic E-state index is -0.157. The summed E-state index contributed by atoms with van der Waals surface area (Å²) in [4.78, 5) is 2.60. The highest BCUT2D eigenvalue weighted by molar-refractivity contribution is 6.28. The van der Waals surface area contributed by atoms with Crippen LogP contribution in [0, 0.1) is 0 Å². The van der Waals surface area contributed by atoms with Gasteiger partial charge in [-0.25, -0.2) is 0 Å². The molecule has 0 spiro atoms. The van der Waals surface area contributed by atoms with Gasteiger partial charge in [0.05, 0.1) is 28.1 Å². The van der Waals surface area contributed by atoms with E-state index in [0.29, 0.717) is 0 Å². The molecule has 0 saturated heterocycles. The maximum absolute atomic E-state index is 2.60. The molecule has 0 aliphatic rings. The summed E-state index contributed by atoms with van der Waals surface area (Å²) in [6, 6.07) is 89.1. The van der Waals surface area contributed by atoms with Crippen molar-refractivity contribution in [2.75, 3.05) is 4.90 Å². The Labute approximate surface area is 460 Å². The van der Waals surface area contributed by atoms with Gasteiger partial charge in [0, 0.05) is 38.4 Å². The van der Waals surface area contributed by atoms with E-state index in [1.165, 1.54) is 98.8 Å².